The quantitative estimate of drug-likeness (QED) is 0.868. The average Bonchev–Trinajstić information content (AvgIpc) is 2.74. The highest BCUT2D eigenvalue weighted by atomic mass is 32.2. The lowest BCUT2D eigenvalue weighted by Gasteiger charge is -2.08. The SMILES string of the molecule is CCNCc1ccccc1Sc1ccoc1C. The number of furan rings is 1. The molecule has 0 aliphatic heterocycles. The van der Waals surface area contributed by atoms with E-state index in [1.807, 2.05) is 13.0 Å². The second-order valence-electron chi connectivity index (χ2n) is 3.83. The average molecular weight is 247 g/mol. The second-order valence-corrected chi connectivity index (χ2v) is 4.91. The molecule has 1 aromatic heterocycles. The Morgan fingerprint density at radius 2 is 2.00 bits per heavy atom. The highest BCUT2D eigenvalue weighted by Crippen LogP contribution is 2.32. The molecule has 1 heterocycles. The van der Waals surface area contributed by atoms with Gasteiger partial charge in [-0.25, -0.2) is 0 Å². The van der Waals surface area contributed by atoms with E-state index in [2.05, 4.69) is 36.5 Å². The first-order chi connectivity index (χ1) is 8.31. The van der Waals surface area contributed by atoms with Gasteiger partial charge in [0.05, 0.1) is 11.2 Å². The molecule has 0 aliphatic rings. The number of hydrogen-bond donors (Lipinski definition) is 1. The molecule has 0 saturated heterocycles. The summed E-state index contributed by atoms with van der Waals surface area (Å²) in [6.07, 6.45) is 1.74. The minimum Gasteiger partial charge on any atom is -0.468 e. The number of hydrogen-bond acceptors (Lipinski definition) is 3. The minimum atomic E-state index is 0.913. The lowest BCUT2D eigenvalue weighted by atomic mass is 10.2. The zero-order valence-corrected chi connectivity index (χ0v) is 11.0. The van der Waals surface area contributed by atoms with Crippen molar-refractivity contribution in [2.45, 2.75) is 30.2 Å². The lowest BCUT2D eigenvalue weighted by molar-refractivity contribution is 0.527. The Morgan fingerprint density at radius 1 is 1.18 bits per heavy atom. The molecular weight excluding hydrogens is 230 g/mol. The monoisotopic (exact) mass is 247 g/mol. The van der Waals surface area contributed by atoms with Crippen LogP contribution in [0.3, 0.4) is 0 Å². The van der Waals surface area contributed by atoms with Crippen LogP contribution < -0.4 is 5.32 Å². The molecule has 90 valence electrons. The van der Waals surface area contributed by atoms with E-state index in [1.165, 1.54) is 15.4 Å². The first-order valence-electron chi connectivity index (χ1n) is 5.82. The third-order valence-corrected chi connectivity index (χ3v) is 3.83. The van der Waals surface area contributed by atoms with Crippen molar-refractivity contribution in [3.05, 3.63) is 47.9 Å². The van der Waals surface area contributed by atoms with Gasteiger partial charge in [-0.3, -0.25) is 0 Å². The van der Waals surface area contributed by atoms with Gasteiger partial charge < -0.3 is 9.73 Å². The minimum absolute atomic E-state index is 0.913. The second kappa shape index (κ2) is 5.94. The molecule has 3 heteroatoms. The molecule has 0 atom stereocenters. The van der Waals surface area contributed by atoms with E-state index in [0.717, 1.165) is 18.8 Å². The maximum absolute atomic E-state index is 5.32. The third-order valence-electron chi connectivity index (χ3n) is 2.57. The first-order valence-corrected chi connectivity index (χ1v) is 6.63. The molecule has 0 spiro atoms. The van der Waals surface area contributed by atoms with Crippen molar-refractivity contribution >= 4 is 11.8 Å². The molecule has 1 N–H and O–H groups in total. The summed E-state index contributed by atoms with van der Waals surface area (Å²) in [7, 11) is 0. The van der Waals surface area contributed by atoms with Crippen LogP contribution in [0.25, 0.3) is 0 Å². The summed E-state index contributed by atoms with van der Waals surface area (Å²) >= 11 is 1.76. The molecule has 0 radical (unpaired) electrons. The summed E-state index contributed by atoms with van der Waals surface area (Å²) in [5.74, 6) is 0.980. The number of benzene rings is 1. The molecule has 17 heavy (non-hydrogen) atoms. The van der Waals surface area contributed by atoms with E-state index in [-0.39, 0.29) is 0 Å². The van der Waals surface area contributed by atoms with Crippen LogP contribution in [0, 0.1) is 6.92 Å². The Kier molecular flexibility index (Phi) is 4.29. The van der Waals surface area contributed by atoms with Crippen molar-refractivity contribution < 1.29 is 4.42 Å². The van der Waals surface area contributed by atoms with Crippen molar-refractivity contribution in [1.29, 1.82) is 0 Å². The van der Waals surface area contributed by atoms with Gasteiger partial charge in [-0.05, 0) is 31.2 Å². The molecule has 1 aromatic carbocycles. The Labute approximate surface area is 106 Å². The molecular formula is C14H17NOS. The van der Waals surface area contributed by atoms with Crippen LogP contribution in [0.1, 0.15) is 18.2 Å². The van der Waals surface area contributed by atoms with Crippen LogP contribution in [-0.4, -0.2) is 6.54 Å². The number of aryl methyl sites for hydroxylation is 1. The summed E-state index contributed by atoms with van der Waals surface area (Å²) in [4.78, 5) is 2.48. The van der Waals surface area contributed by atoms with Crippen LogP contribution in [0.15, 0.2) is 50.8 Å². The fourth-order valence-corrected chi connectivity index (χ4v) is 2.58. The van der Waals surface area contributed by atoms with E-state index in [9.17, 15) is 0 Å². The molecule has 0 bridgehead atoms. The van der Waals surface area contributed by atoms with Crippen molar-refractivity contribution in [1.82, 2.24) is 5.32 Å². The molecule has 0 amide bonds. The highest BCUT2D eigenvalue weighted by Gasteiger charge is 2.07. The van der Waals surface area contributed by atoms with E-state index in [0.29, 0.717) is 0 Å². The zero-order chi connectivity index (χ0) is 12.1. The van der Waals surface area contributed by atoms with Crippen molar-refractivity contribution in [3.63, 3.8) is 0 Å². The summed E-state index contributed by atoms with van der Waals surface area (Å²) in [6.45, 7) is 6.02. The largest absolute Gasteiger partial charge is 0.468 e. The topological polar surface area (TPSA) is 25.2 Å². The van der Waals surface area contributed by atoms with E-state index in [4.69, 9.17) is 4.42 Å². The van der Waals surface area contributed by atoms with Gasteiger partial charge in [0.25, 0.3) is 0 Å². The molecule has 0 saturated carbocycles. The lowest BCUT2D eigenvalue weighted by Crippen LogP contribution is -2.12. The van der Waals surface area contributed by atoms with Crippen molar-refractivity contribution in [3.8, 4) is 0 Å². The van der Waals surface area contributed by atoms with Gasteiger partial charge in [-0.2, -0.15) is 0 Å². The van der Waals surface area contributed by atoms with E-state index in [1.54, 1.807) is 18.0 Å². The van der Waals surface area contributed by atoms with Gasteiger partial charge in [-0.15, -0.1) is 0 Å². The summed E-state index contributed by atoms with van der Waals surface area (Å²) in [5, 5.41) is 3.36. The maximum Gasteiger partial charge on any atom is 0.114 e. The predicted octanol–water partition coefficient (Wildman–Crippen LogP) is 3.85. The Balaban J connectivity index is 2.17. The van der Waals surface area contributed by atoms with Crippen LogP contribution >= 0.6 is 11.8 Å². The van der Waals surface area contributed by atoms with Crippen LogP contribution in [0.2, 0.25) is 0 Å². The first kappa shape index (κ1) is 12.3. The number of rotatable bonds is 5. The normalized spacial score (nSPS) is 10.7. The van der Waals surface area contributed by atoms with E-state index < -0.39 is 0 Å². The van der Waals surface area contributed by atoms with Gasteiger partial charge in [0.15, 0.2) is 0 Å². The third kappa shape index (κ3) is 3.14. The Morgan fingerprint density at radius 3 is 2.71 bits per heavy atom. The number of nitrogens with one attached hydrogen (secondary N) is 1. The molecule has 2 rings (SSSR count). The highest BCUT2D eigenvalue weighted by molar-refractivity contribution is 7.99. The van der Waals surface area contributed by atoms with Gasteiger partial charge in [0, 0.05) is 11.4 Å². The van der Waals surface area contributed by atoms with Crippen molar-refractivity contribution in [2.24, 2.45) is 0 Å². The Bertz CT molecular complexity index is 479. The van der Waals surface area contributed by atoms with Gasteiger partial charge in [0.1, 0.15) is 5.76 Å². The maximum atomic E-state index is 5.32. The molecule has 2 nitrogen and oxygen atoms in total. The fraction of sp³-hybridized carbons (Fsp3) is 0.286. The van der Waals surface area contributed by atoms with Crippen LogP contribution in [0.4, 0.5) is 0 Å². The summed E-state index contributed by atoms with van der Waals surface area (Å²) in [6, 6.07) is 10.5. The van der Waals surface area contributed by atoms with Crippen molar-refractivity contribution in [2.75, 3.05) is 6.54 Å². The molecule has 2 aromatic rings. The van der Waals surface area contributed by atoms with Crippen LogP contribution in [0.5, 0.6) is 0 Å². The van der Waals surface area contributed by atoms with Gasteiger partial charge in [0.2, 0.25) is 0 Å². The fourth-order valence-electron chi connectivity index (χ4n) is 1.61. The van der Waals surface area contributed by atoms with Gasteiger partial charge in [-0.1, -0.05) is 36.9 Å². The predicted molar refractivity (Wildman–Crippen MR) is 71.4 cm³/mol. The smallest absolute Gasteiger partial charge is 0.114 e. The zero-order valence-electron chi connectivity index (χ0n) is 10.2. The molecule has 0 unspecified atom stereocenters. The standard InChI is InChI=1S/C14H17NOS/c1-3-15-10-12-6-4-5-7-14(12)17-13-8-9-16-11(13)2/h4-9,15H,3,10H2,1-2H3. The summed E-state index contributed by atoms with van der Waals surface area (Å²) in [5.41, 5.74) is 1.33. The van der Waals surface area contributed by atoms with Gasteiger partial charge >= 0.3 is 0 Å². The molecule has 0 aliphatic carbocycles. The summed E-state index contributed by atoms with van der Waals surface area (Å²) < 4.78 is 5.32. The molecule has 0 fully saturated rings. The Hall–Kier alpha value is -1.19. The van der Waals surface area contributed by atoms with Crippen LogP contribution in [-0.2, 0) is 6.54 Å². The van der Waals surface area contributed by atoms with E-state index >= 15 is 0 Å².